The molecule has 2 aliphatic rings. The second kappa shape index (κ2) is 8.59. The van der Waals surface area contributed by atoms with Gasteiger partial charge in [-0.1, -0.05) is 18.2 Å². The van der Waals surface area contributed by atoms with Gasteiger partial charge in [0.15, 0.2) is 0 Å². The highest BCUT2D eigenvalue weighted by Gasteiger charge is 2.33. The normalized spacial score (nSPS) is 19.9. The van der Waals surface area contributed by atoms with Crippen LogP contribution in [0.3, 0.4) is 0 Å². The Kier molecular flexibility index (Phi) is 5.74. The standard InChI is InChI=1S/C22H27N5O2/c1-17-5-2-3-7-20(17)25-11-13-26(14-12-25)21(28)18-6-4-10-27(16-18)22(29)19-15-23-8-9-24-19/h2-3,5,7-9,15,18H,4,6,10-14,16H2,1H3/t18-/m1/s1. The van der Waals surface area contributed by atoms with Crippen molar-refractivity contribution in [2.75, 3.05) is 44.2 Å². The zero-order valence-electron chi connectivity index (χ0n) is 16.8. The molecule has 0 aliphatic carbocycles. The van der Waals surface area contributed by atoms with Crippen LogP contribution < -0.4 is 4.90 Å². The molecule has 3 heterocycles. The quantitative estimate of drug-likeness (QED) is 0.798. The molecule has 2 fully saturated rings. The summed E-state index contributed by atoms with van der Waals surface area (Å²) in [6.45, 7) is 6.38. The largest absolute Gasteiger partial charge is 0.368 e. The van der Waals surface area contributed by atoms with Gasteiger partial charge in [-0.3, -0.25) is 14.6 Å². The lowest BCUT2D eigenvalue weighted by Gasteiger charge is -2.40. The van der Waals surface area contributed by atoms with E-state index in [4.69, 9.17) is 0 Å². The van der Waals surface area contributed by atoms with Gasteiger partial charge in [-0.15, -0.1) is 0 Å². The number of benzene rings is 1. The number of aromatic nitrogens is 2. The van der Waals surface area contributed by atoms with Crippen LogP contribution in [0.1, 0.15) is 28.9 Å². The fourth-order valence-corrected chi connectivity index (χ4v) is 4.28. The maximum Gasteiger partial charge on any atom is 0.274 e. The lowest BCUT2D eigenvalue weighted by molar-refractivity contribution is -0.137. The van der Waals surface area contributed by atoms with E-state index in [0.717, 1.165) is 39.0 Å². The lowest BCUT2D eigenvalue weighted by Crippen LogP contribution is -2.53. The van der Waals surface area contributed by atoms with Crippen LogP contribution in [0, 0.1) is 12.8 Å². The summed E-state index contributed by atoms with van der Waals surface area (Å²) < 4.78 is 0. The molecule has 0 unspecified atom stereocenters. The van der Waals surface area contributed by atoms with Gasteiger partial charge in [-0.25, -0.2) is 4.98 Å². The molecule has 0 saturated carbocycles. The number of carbonyl (C=O) groups excluding carboxylic acids is 2. The first-order chi connectivity index (χ1) is 14.1. The molecule has 1 aromatic carbocycles. The predicted molar refractivity (Wildman–Crippen MR) is 111 cm³/mol. The Morgan fingerprint density at radius 1 is 1.00 bits per heavy atom. The summed E-state index contributed by atoms with van der Waals surface area (Å²) in [6.07, 6.45) is 6.23. The molecular weight excluding hydrogens is 366 g/mol. The van der Waals surface area contributed by atoms with Crippen LogP contribution in [0.5, 0.6) is 0 Å². The number of nitrogens with zero attached hydrogens (tertiary/aromatic N) is 5. The molecule has 0 bridgehead atoms. The molecule has 152 valence electrons. The number of amides is 2. The third-order valence-corrected chi connectivity index (χ3v) is 5.89. The van der Waals surface area contributed by atoms with Crippen molar-refractivity contribution in [2.45, 2.75) is 19.8 Å². The summed E-state index contributed by atoms with van der Waals surface area (Å²) in [6, 6.07) is 8.38. The molecule has 1 aromatic heterocycles. The zero-order chi connectivity index (χ0) is 20.2. The second-order valence-electron chi connectivity index (χ2n) is 7.78. The monoisotopic (exact) mass is 393 g/mol. The van der Waals surface area contributed by atoms with E-state index in [1.54, 1.807) is 11.1 Å². The molecule has 7 heteroatoms. The van der Waals surface area contributed by atoms with Crippen molar-refractivity contribution in [1.29, 1.82) is 0 Å². The SMILES string of the molecule is Cc1ccccc1N1CCN(C(=O)[C@@H]2CCCN(C(=O)c3cnccn3)C2)CC1. The molecule has 2 aromatic rings. The highest BCUT2D eigenvalue weighted by atomic mass is 16.2. The van der Waals surface area contributed by atoms with Crippen molar-refractivity contribution in [3.8, 4) is 0 Å². The second-order valence-corrected chi connectivity index (χ2v) is 7.78. The Labute approximate surface area is 171 Å². The summed E-state index contributed by atoms with van der Waals surface area (Å²) >= 11 is 0. The number of hydrogen-bond acceptors (Lipinski definition) is 5. The van der Waals surface area contributed by atoms with E-state index in [2.05, 4.69) is 46.1 Å². The number of carbonyl (C=O) groups is 2. The Hall–Kier alpha value is -2.96. The topological polar surface area (TPSA) is 69.6 Å². The van der Waals surface area contributed by atoms with Crippen LogP contribution in [0.25, 0.3) is 0 Å². The van der Waals surface area contributed by atoms with Gasteiger partial charge in [-0.05, 0) is 31.4 Å². The maximum absolute atomic E-state index is 13.1. The van der Waals surface area contributed by atoms with E-state index >= 15 is 0 Å². The Morgan fingerprint density at radius 3 is 2.52 bits per heavy atom. The van der Waals surface area contributed by atoms with E-state index in [9.17, 15) is 9.59 Å². The molecular formula is C22H27N5O2. The van der Waals surface area contributed by atoms with Gasteiger partial charge < -0.3 is 14.7 Å². The van der Waals surface area contributed by atoms with Crippen molar-refractivity contribution >= 4 is 17.5 Å². The number of rotatable bonds is 3. The number of anilines is 1. The van der Waals surface area contributed by atoms with E-state index < -0.39 is 0 Å². The van der Waals surface area contributed by atoms with Gasteiger partial charge in [0.1, 0.15) is 5.69 Å². The van der Waals surface area contributed by atoms with Gasteiger partial charge in [0, 0.05) is 57.3 Å². The lowest BCUT2D eigenvalue weighted by atomic mass is 9.96. The Balaban J connectivity index is 1.35. The van der Waals surface area contributed by atoms with Crippen molar-refractivity contribution in [3.05, 3.63) is 54.1 Å². The Morgan fingerprint density at radius 2 is 1.79 bits per heavy atom. The third kappa shape index (κ3) is 4.23. The smallest absolute Gasteiger partial charge is 0.274 e. The van der Waals surface area contributed by atoms with E-state index in [0.29, 0.717) is 18.8 Å². The summed E-state index contributed by atoms with van der Waals surface area (Å²) in [5.41, 5.74) is 2.85. The van der Waals surface area contributed by atoms with Crippen LogP contribution in [0.15, 0.2) is 42.9 Å². The fourth-order valence-electron chi connectivity index (χ4n) is 4.28. The van der Waals surface area contributed by atoms with Gasteiger partial charge in [0.2, 0.25) is 5.91 Å². The highest BCUT2D eigenvalue weighted by molar-refractivity contribution is 5.92. The number of likely N-dealkylation sites (tertiary alicyclic amines) is 1. The molecule has 2 saturated heterocycles. The molecule has 29 heavy (non-hydrogen) atoms. The fraction of sp³-hybridized carbons (Fsp3) is 0.455. The predicted octanol–water partition coefficient (Wildman–Crippen LogP) is 1.99. The van der Waals surface area contributed by atoms with Crippen molar-refractivity contribution in [1.82, 2.24) is 19.8 Å². The molecule has 2 aliphatic heterocycles. The Bertz CT molecular complexity index is 865. The zero-order valence-corrected chi connectivity index (χ0v) is 16.8. The van der Waals surface area contributed by atoms with E-state index in [-0.39, 0.29) is 17.7 Å². The van der Waals surface area contributed by atoms with Gasteiger partial charge in [-0.2, -0.15) is 0 Å². The van der Waals surface area contributed by atoms with E-state index in [1.807, 2.05) is 4.90 Å². The summed E-state index contributed by atoms with van der Waals surface area (Å²) in [5, 5.41) is 0. The number of hydrogen-bond donors (Lipinski definition) is 0. The van der Waals surface area contributed by atoms with Crippen LogP contribution in [-0.4, -0.2) is 70.9 Å². The first-order valence-electron chi connectivity index (χ1n) is 10.3. The number of aryl methyl sites for hydroxylation is 1. The van der Waals surface area contributed by atoms with Crippen molar-refractivity contribution in [3.63, 3.8) is 0 Å². The summed E-state index contributed by atoms with van der Waals surface area (Å²) in [4.78, 5) is 39.9. The van der Waals surface area contributed by atoms with Crippen molar-refractivity contribution < 1.29 is 9.59 Å². The van der Waals surface area contributed by atoms with Crippen LogP contribution in [0.2, 0.25) is 0 Å². The van der Waals surface area contributed by atoms with Crippen LogP contribution in [-0.2, 0) is 4.79 Å². The average Bonchev–Trinajstić information content (AvgIpc) is 2.79. The van der Waals surface area contributed by atoms with Gasteiger partial charge in [0.25, 0.3) is 5.91 Å². The number of piperazine rings is 1. The van der Waals surface area contributed by atoms with Crippen LogP contribution in [0.4, 0.5) is 5.69 Å². The molecule has 0 spiro atoms. The van der Waals surface area contributed by atoms with Crippen LogP contribution >= 0.6 is 0 Å². The minimum absolute atomic E-state index is 0.130. The average molecular weight is 393 g/mol. The molecule has 0 N–H and O–H groups in total. The number of para-hydroxylation sites is 1. The van der Waals surface area contributed by atoms with E-state index in [1.165, 1.54) is 23.6 Å². The minimum atomic E-state index is -0.139. The molecule has 0 radical (unpaired) electrons. The molecule has 2 amide bonds. The molecule has 1 atom stereocenters. The first kappa shape index (κ1) is 19.4. The maximum atomic E-state index is 13.1. The molecule has 4 rings (SSSR count). The summed E-state index contributed by atoms with van der Waals surface area (Å²) in [7, 11) is 0. The van der Waals surface area contributed by atoms with Gasteiger partial charge >= 0.3 is 0 Å². The highest BCUT2D eigenvalue weighted by Crippen LogP contribution is 2.24. The third-order valence-electron chi connectivity index (χ3n) is 5.89. The van der Waals surface area contributed by atoms with Gasteiger partial charge in [0.05, 0.1) is 12.1 Å². The van der Waals surface area contributed by atoms with Crippen molar-refractivity contribution in [2.24, 2.45) is 5.92 Å². The first-order valence-corrected chi connectivity index (χ1v) is 10.3. The molecule has 7 nitrogen and oxygen atoms in total. The minimum Gasteiger partial charge on any atom is -0.368 e. The summed E-state index contributed by atoms with van der Waals surface area (Å²) in [5.74, 6) is -0.0968. The number of piperidine rings is 1.